The Hall–Kier alpha value is -2.28. The second kappa shape index (κ2) is 3.63. The lowest BCUT2D eigenvalue weighted by molar-refractivity contribution is 0.0691. The number of imidazole rings is 1. The average molecular weight is 246 g/mol. The maximum absolute atomic E-state index is 10.9. The van der Waals surface area contributed by atoms with Crippen molar-refractivity contribution in [2.24, 2.45) is 0 Å². The van der Waals surface area contributed by atoms with Gasteiger partial charge in [-0.1, -0.05) is 0 Å². The van der Waals surface area contributed by atoms with Crippen LogP contribution in [-0.4, -0.2) is 30.4 Å². The van der Waals surface area contributed by atoms with Gasteiger partial charge < -0.3 is 5.11 Å². The van der Waals surface area contributed by atoms with Crippen LogP contribution in [0.1, 0.15) is 10.5 Å². The molecule has 0 aliphatic carbocycles. The molecule has 0 atom stereocenters. The highest BCUT2D eigenvalue weighted by molar-refractivity contribution is 7.13. The first kappa shape index (κ1) is 9.91. The van der Waals surface area contributed by atoms with Crippen molar-refractivity contribution in [3.8, 4) is 10.7 Å². The molecule has 0 aliphatic rings. The Labute approximate surface area is 99.2 Å². The van der Waals surface area contributed by atoms with Gasteiger partial charge in [0.15, 0.2) is 5.69 Å². The Morgan fingerprint density at radius 1 is 1.35 bits per heavy atom. The number of fused-ring (bicyclic) bond motifs is 1. The van der Waals surface area contributed by atoms with Crippen LogP contribution < -0.4 is 0 Å². The van der Waals surface area contributed by atoms with Gasteiger partial charge in [0.2, 0.25) is 5.78 Å². The molecule has 0 saturated heterocycles. The molecule has 0 radical (unpaired) electrons. The highest BCUT2D eigenvalue weighted by Gasteiger charge is 2.13. The lowest BCUT2D eigenvalue weighted by Crippen LogP contribution is -1.95. The van der Waals surface area contributed by atoms with Crippen molar-refractivity contribution in [3.05, 3.63) is 35.7 Å². The van der Waals surface area contributed by atoms with E-state index in [1.807, 2.05) is 5.38 Å². The monoisotopic (exact) mass is 246 g/mol. The molecule has 1 N–H and O–H groups in total. The van der Waals surface area contributed by atoms with Crippen LogP contribution in [0.15, 0.2) is 30.0 Å². The molecular formula is C10H6N4O2S. The molecule has 0 spiro atoms. The van der Waals surface area contributed by atoms with Crippen LogP contribution in [0.4, 0.5) is 0 Å². The van der Waals surface area contributed by atoms with Crippen LogP contribution in [0, 0.1) is 0 Å². The summed E-state index contributed by atoms with van der Waals surface area (Å²) in [5, 5.41) is 11.5. The quantitative estimate of drug-likeness (QED) is 0.742. The second-order valence-electron chi connectivity index (χ2n) is 3.27. The molecule has 0 fully saturated rings. The predicted molar refractivity (Wildman–Crippen MR) is 61.1 cm³/mol. The number of rotatable bonds is 2. The molecule has 0 saturated carbocycles. The minimum absolute atomic E-state index is 0.0264. The average Bonchev–Trinajstić information content (AvgIpc) is 2.97. The number of hydrogen-bond acceptors (Lipinski definition) is 5. The van der Waals surface area contributed by atoms with Crippen LogP contribution in [0.2, 0.25) is 0 Å². The molecular weight excluding hydrogens is 240 g/mol. The normalized spacial score (nSPS) is 10.8. The molecule has 3 aromatic rings. The van der Waals surface area contributed by atoms with E-state index in [2.05, 4.69) is 15.0 Å². The predicted octanol–water partition coefficient (Wildman–Crippen LogP) is 1.55. The Morgan fingerprint density at radius 3 is 2.94 bits per heavy atom. The SMILES string of the molecule is O=C(O)c1cn2c(-c3nccs3)ccnc2n1. The summed E-state index contributed by atoms with van der Waals surface area (Å²) < 4.78 is 1.63. The largest absolute Gasteiger partial charge is 0.476 e. The third kappa shape index (κ3) is 1.56. The fourth-order valence-corrected chi connectivity index (χ4v) is 2.18. The van der Waals surface area contributed by atoms with Crippen molar-refractivity contribution in [2.45, 2.75) is 0 Å². The fraction of sp³-hybridized carbons (Fsp3) is 0. The lowest BCUT2D eigenvalue weighted by atomic mass is 10.4. The van der Waals surface area contributed by atoms with Crippen molar-refractivity contribution >= 4 is 23.1 Å². The number of aromatic nitrogens is 4. The van der Waals surface area contributed by atoms with Gasteiger partial charge >= 0.3 is 5.97 Å². The van der Waals surface area contributed by atoms with Crippen molar-refractivity contribution < 1.29 is 9.90 Å². The van der Waals surface area contributed by atoms with E-state index in [0.29, 0.717) is 5.78 Å². The van der Waals surface area contributed by atoms with Crippen molar-refractivity contribution in [3.63, 3.8) is 0 Å². The molecule has 3 heterocycles. The van der Waals surface area contributed by atoms with E-state index in [1.165, 1.54) is 17.5 Å². The van der Waals surface area contributed by atoms with Crippen molar-refractivity contribution in [1.82, 2.24) is 19.4 Å². The molecule has 6 nitrogen and oxygen atoms in total. The van der Waals surface area contributed by atoms with Gasteiger partial charge in [-0.05, 0) is 6.07 Å². The molecule has 0 amide bonds. The van der Waals surface area contributed by atoms with E-state index in [9.17, 15) is 4.79 Å². The summed E-state index contributed by atoms with van der Waals surface area (Å²) in [5.41, 5.74) is 0.756. The van der Waals surface area contributed by atoms with Gasteiger partial charge in [-0.3, -0.25) is 4.40 Å². The van der Waals surface area contributed by atoms with E-state index in [-0.39, 0.29) is 5.69 Å². The van der Waals surface area contributed by atoms with E-state index in [1.54, 1.807) is 22.9 Å². The van der Waals surface area contributed by atoms with Gasteiger partial charge in [-0.25, -0.2) is 19.7 Å². The van der Waals surface area contributed by atoms with Gasteiger partial charge in [0.25, 0.3) is 0 Å². The topological polar surface area (TPSA) is 80.4 Å². The lowest BCUT2D eigenvalue weighted by Gasteiger charge is -1.99. The standard InChI is InChI=1S/C10H6N4O2S/c15-9(16)6-5-14-7(8-11-3-4-17-8)1-2-12-10(14)13-6/h1-5H,(H,15,16). The summed E-state index contributed by atoms with van der Waals surface area (Å²) in [5.74, 6) is -0.712. The first-order valence-electron chi connectivity index (χ1n) is 4.73. The Bertz CT molecular complexity index is 689. The summed E-state index contributed by atoms with van der Waals surface area (Å²) in [4.78, 5) is 23.0. The van der Waals surface area contributed by atoms with Crippen LogP contribution in [0.25, 0.3) is 16.5 Å². The van der Waals surface area contributed by atoms with Gasteiger partial charge in [0.1, 0.15) is 5.01 Å². The minimum Gasteiger partial charge on any atom is -0.476 e. The molecule has 3 rings (SSSR count). The first-order valence-corrected chi connectivity index (χ1v) is 5.61. The Kier molecular flexibility index (Phi) is 2.12. The summed E-state index contributed by atoms with van der Waals surface area (Å²) in [6, 6.07) is 1.78. The number of carboxylic acids is 1. The highest BCUT2D eigenvalue weighted by atomic mass is 32.1. The van der Waals surface area contributed by atoms with Gasteiger partial charge in [-0.15, -0.1) is 11.3 Å². The van der Waals surface area contributed by atoms with E-state index in [4.69, 9.17) is 5.11 Å². The second-order valence-corrected chi connectivity index (χ2v) is 4.16. The molecule has 84 valence electrons. The van der Waals surface area contributed by atoms with Gasteiger partial charge in [0, 0.05) is 24.0 Å². The molecule has 0 aliphatic heterocycles. The zero-order chi connectivity index (χ0) is 11.8. The highest BCUT2D eigenvalue weighted by Crippen LogP contribution is 2.22. The molecule has 0 aromatic carbocycles. The third-order valence-electron chi connectivity index (χ3n) is 2.24. The number of aromatic carboxylic acids is 1. The first-order chi connectivity index (χ1) is 8.25. The zero-order valence-corrected chi connectivity index (χ0v) is 9.26. The molecule has 0 unspecified atom stereocenters. The Balaban J connectivity index is 2.29. The molecule has 3 aromatic heterocycles. The summed E-state index contributed by atoms with van der Waals surface area (Å²) >= 11 is 1.47. The van der Waals surface area contributed by atoms with Crippen LogP contribution in [0.3, 0.4) is 0 Å². The Morgan fingerprint density at radius 2 is 2.24 bits per heavy atom. The van der Waals surface area contributed by atoms with Crippen molar-refractivity contribution in [2.75, 3.05) is 0 Å². The van der Waals surface area contributed by atoms with E-state index in [0.717, 1.165) is 10.7 Å². The third-order valence-corrected chi connectivity index (χ3v) is 3.04. The van der Waals surface area contributed by atoms with Gasteiger partial charge in [0.05, 0.1) is 5.69 Å². The van der Waals surface area contributed by atoms with E-state index >= 15 is 0 Å². The maximum Gasteiger partial charge on any atom is 0.356 e. The van der Waals surface area contributed by atoms with Crippen LogP contribution >= 0.6 is 11.3 Å². The summed E-state index contributed by atoms with van der Waals surface area (Å²) in [7, 11) is 0. The zero-order valence-electron chi connectivity index (χ0n) is 8.44. The fourth-order valence-electron chi connectivity index (χ4n) is 1.52. The molecule has 7 heteroatoms. The maximum atomic E-state index is 10.9. The van der Waals surface area contributed by atoms with E-state index < -0.39 is 5.97 Å². The molecule has 0 bridgehead atoms. The van der Waals surface area contributed by atoms with Crippen LogP contribution in [-0.2, 0) is 0 Å². The number of carboxylic acid groups (broad SMARTS) is 1. The van der Waals surface area contributed by atoms with Crippen LogP contribution in [0.5, 0.6) is 0 Å². The minimum atomic E-state index is -1.07. The summed E-state index contributed by atoms with van der Waals surface area (Å²) in [6.07, 6.45) is 4.73. The summed E-state index contributed by atoms with van der Waals surface area (Å²) in [6.45, 7) is 0. The van der Waals surface area contributed by atoms with Crippen molar-refractivity contribution in [1.29, 1.82) is 0 Å². The molecule has 17 heavy (non-hydrogen) atoms. The number of hydrogen-bond donors (Lipinski definition) is 1. The number of carbonyl (C=O) groups is 1. The van der Waals surface area contributed by atoms with Gasteiger partial charge in [-0.2, -0.15) is 0 Å². The number of nitrogens with zero attached hydrogens (tertiary/aromatic N) is 4. The number of thiazole rings is 1. The smallest absolute Gasteiger partial charge is 0.356 e.